The summed E-state index contributed by atoms with van der Waals surface area (Å²) in [4.78, 5) is 6.24. The summed E-state index contributed by atoms with van der Waals surface area (Å²) >= 11 is 0. The van der Waals surface area contributed by atoms with Gasteiger partial charge in [0, 0.05) is 27.2 Å². The monoisotopic (exact) mass is 491 g/mol. The molecule has 0 unspecified atom stereocenters. The summed E-state index contributed by atoms with van der Waals surface area (Å²) in [5.74, 6) is 0.968. The number of hydrogen-bond donors (Lipinski definition) is 1. The Morgan fingerprint density at radius 1 is 1.11 bits per heavy atom. The number of nitrogens with zero attached hydrogens (tertiary/aromatic N) is 2. The zero-order chi connectivity index (χ0) is 18.9. The first kappa shape index (κ1) is 22.9. The predicted molar refractivity (Wildman–Crippen MR) is 113 cm³/mol. The number of methoxy groups -OCH3 is 1. The molecule has 0 heterocycles. The largest absolute Gasteiger partial charge is 0.493 e. The first-order valence-corrected chi connectivity index (χ1v) is 8.11. The Balaban J connectivity index is 0.00000364. The van der Waals surface area contributed by atoms with Gasteiger partial charge in [0.05, 0.1) is 7.11 Å². The van der Waals surface area contributed by atoms with Gasteiger partial charge in [-0.1, -0.05) is 36.4 Å². The van der Waals surface area contributed by atoms with E-state index in [1.807, 2.05) is 42.3 Å². The van der Waals surface area contributed by atoms with Gasteiger partial charge in [-0.3, -0.25) is 4.99 Å². The van der Waals surface area contributed by atoms with Gasteiger partial charge in [0.2, 0.25) is 0 Å². The summed E-state index contributed by atoms with van der Waals surface area (Å²) in [5, 5.41) is 3.22. The van der Waals surface area contributed by atoms with E-state index < -0.39 is 6.61 Å². The molecule has 0 aliphatic rings. The number of ether oxygens (including phenoxy) is 2. The highest BCUT2D eigenvalue weighted by atomic mass is 127. The van der Waals surface area contributed by atoms with Crippen LogP contribution in [0.4, 0.5) is 8.78 Å². The van der Waals surface area contributed by atoms with Gasteiger partial charge < -0.3 is 19.7 Å². The van der Waals surface area contributed by atoms with Crippen molar-refractivity contribution in [3.63, 3.8) is 0 Å². The maximum absolute atomic E-state index is 12.5. The normalized spacial score (nSPS) is 11.0. The second kappa shape index (κ2) is 11.6. The lowest BCUT2D eigenvalue weighted by Gasteiger charge is -2.22. The van der Waals surface area contributed by atoms with Crippen molar-refractivity contribution in [2.24, 2.45) is 4.99 Å². The molecule has 0 atom stereocenters. The summed E-state index contributed by atoms with van der Waals surface area (Å²) in [6.07, 6.45) is 0. The van der Waals surface area contributed by atoms with Crippen LogP contribution in [0, 0.1) is 0 Å². The number of benzene rings is 2. The van der Waals surface area contributed by atoms with Crippen LogP contribution in [0.1, 0.15) is 11.1 Å². The molecule has 1 N–H and O–H groups in total. The SMILES string of the molecule is CN=C(NCc1ccc(OC)c(OC(F)F)c1)N(C)Cc1ccccc1.I. The third-order valence-electron chi connectivity index (χ3n) is 3.73. The van der Waals surface area contributed by atoms with Crippen molar-refractivity contribution < 1.29 is 18.3 Å². The average molecular weight is 491 g/mol. The summed E-state index contributed by atoms with van der Waals surface area (Å²) in [7, 11) is 5.04. The molecule has 0 amide bonds. The fourth-order valence-corrected chi connectivity index (χ4v) is 2.52. The fraction of sp³-hybridized carbons (Fsp3) is 0.316. The molecule has 0 bridgehead atoms. The highest BCUT2D eigenvalue weighted by Gasteiger charge is 2.12. The highest BCUT2D eigenvalue weighted by Crippen LogP contribution is 2.29. The van der Waals surface area contributed by atoms with Gasteiger partial charge in [-0.2, -0.15) is 8.78 Å². The third-order valence-corrected chi connectivity index (χ3v) is 3.73. The molecule has 148 valence electrons. The third kappa shape index (κ3) is 7.20. The molecule has 8 heteroatoms. The zero-order valence-electron chi connectivity index (χ0n) is 15.5. The minimum Gasteiger partial charge on any atom is -0.493 e. The molecule has 2 aromatic carbocycles. The Hall–Kier alpha value is -2.10. The number of rotatable bonds is 7. The van der Waals surface area contributed by atoms with Gasteiger partial charge in [-0.05, 0) is 23.3 Å². The summed E-state index contributed by atoms with van der Waals surface area (Å²) in [6, 6.07) is 15.0. The van der Waals surface area contributed by atoms with Crippen molar-refractivity contribution in [2.75, 3.05) is 21.2 Å². The first-order valence-electron chi connectivity index (χ1n) is 8.11. The van der Waals surface area contributed by atoms with E-state index in [4.69, 9.17) is 4.74 Å². The van der Waals surface area contributed by atoms with Crippen LogP contribution in [-0.2, 0) is 13.1 Å². The molecule has 0 aliphatic carbocycles. The molecule has 2 aromatic rings. The van der Waals surface area contributed by atoms with E-state index in [1.54, 1.807) is 19.2 Å². The van der Waals surface area contributed by atoms with Crippen LogP contribution in [0.5, 0.6) is 11.5 Å². The van der Waals surface area contributed by atoms with Crippen molar-refractivity contribution in [1.82, 2.24) is 10.2 Å². The van der Waals surface area contributed by atoms with E-state index in [2.05, 4.69) is 15.0 Å². The van der Waals surface area contributed by atoms with Gasteiger partial charge in [0.1, 0.15) is 0 Å². The number of hydrogen-bond acceptors (Lipinski definition) is 3. The minimum absolute atomic E-state index is 0. The maximum atomic E-state index is 12.5. The van der Waals surface area contributed by atoms with Crippen molar-refractivity contribution in [3.8, 4) is 11.5 Å². The van der Waals surface area contributed by atoms with Crippen molar-refractivity contribution in [2.45, 2.75) is 19.7 Å². The van der Waals surface area contributed by atoms with Crippen molar-refractivity contribution >= 4 is 29.9 Å². The van der Waals surface area contributed by atoms with Crippen LogP contribution >= 0.6 is 24.0 Å². The molecule has 0 aliphatic heterocycles. The summed E-state index contributed by atoms with van der Waals surface area (Å²) < 4.78 is 34.6. The first-order chi connectivity index (χ1) is 12.5. The van der Waals surface area contributed by atoms with E-state index in [0.29, 0.717) is 19.0 Å². The Bertz CT molecular complexity index is 730. The molecular weight excluding hydrogens is 467 g/mol. The van der Waals surface area contributed by atoms with Gasteiger partial charge in [-0.15, -0.1) is 24.0 Å². The lowest BCUT2D eigenvalue weighted by molar-refractivity contribution is -0.0512. The second-order valence-corrected chi connectivity index (χ2v) is 5.61. The Labute approximate surface area is 175 Å². The van der Waals surface area contributed by atoms with Gasteiger partial charge in [0.15, 0.2) is 17.5 Å². The molecule has 0 aromatic heterocycles. The molecule has 2 rings (SSSR count). The predicted octanol–water partition coefficient (Wildman–Crippen LogP) is 4.12. The maximum Gasteiger partial charge on any atom is 0.387 e. The smallest absolute Gasteiger partial charge is 0.387 e. The van der Waals surface area contributed by atoms with Crippen LogP contribution < -0.4 is 14.8 Å². The summed E-state index contributed by atoms with van der Waals surface area (Å²) in [5.41, 5.74) is 1.94. The van der Waals surface area contributed by atoms with Crippen LogP contribution in [-0.4, -0.2) is 38.7 Å². The molecule has 27 heavy (non-hydrogen) atoms. The highest BCUT2D eigenvalue weighted by molar-refractivity contribution is 14.0. The van der Waals surface area contributed by atoms with E-state index in [-0.39, 0.29) is 35.5 Å². The van der Waals surface area contributed by atoms with E-state index in [9.17, 15) is 8.78 Å². The lowest BCUT2D eigenvalue weighted by atomic mass is 10.2. The molecule has 0 fully saturated rings. The van der Waals surface area contributed by atoms with Crippen molar-refractivity contribution in [3.05, 3.63) is 59.7 Å². The quantitative estimate of drug-likeness (QED) is 0.360. The molecule has 0 spiro atoms. The molecular formula is C19H24F2IN3O2. The standard InChI is InChI=1S/C19H23F2N3O2.HI/c1-22-19(24(2)13-14-7-5-4-6-8-14)23-12-15-9-10-16(25-3)17(11-15)26-18(20)21;/h4-11,18H,12-13H2,1-3H3,(H,22,23);1H. The second-order valence-electron chi connectivity index (χ2n) is 5.61. The van der Waals surface area contributed by atoms with Crippen LogP contribution in [0.25, 0.3) is 0 Å². The van der Waals surface area contributed by atoms with Crippen LogP contribution in [0.15, 0.2) is 53.5 Å². The van der Waals surface area contributed by atoms with E-state index in [1.165, 1.54) is 13.2 Å². The molecule has 0 saturated heterocycles. The van der Waals surface area contributed by atoms with E-state index >= 15 is 0 Å². The van der Waals surface area contributed by atoms with E-state index in [0.717, 1.165) is 11.1 Å². The van der Waals surface area contributed by atoms with Crippen LogP contribution in [0.3, 0.4) is 0 Å². The van der Waals surface area contributed by atoms with Crippen LogP contribution in [0.2, 0.25) is 0 Å². The zero-order valence-corrected chi connectivity index (χ0v) is 17.8. The number of guanidine groups is 1. The number of alkyl halides is 2. The Morgan fingerprint density at radius 3 is 2.41 bits per heavy atom. The molecule has 5 nitrogen and oxygen atoms in total. The molecule has 0 radical (unpaired) electrons. The Kier molecular flexibility index (Phi) is 9.84. The number of halogens is 3. The lowest BCUT2D eigenvalue weighted by Crippen LogP contribution is -2.38. The minimum atomic E-state index is -2.91. The summed E-state index contributed by atoms with van der Waals surface area (Å²) in [6.45, 7) is -1.80. The van der Waals surface area contributed by atoms with Gasteiger partial charge in [-0.25, -0.2) is 0 Å². The molecule has 0 saturated carbocycles. The van der Waals surface area contributed by atoms with Gasteiger partial charge >= 0.3 is 6.61 Å². The number of aliphatic imine (C=N–C) groups is 1. The Morgan fingerprint density at radius 2 is 1.81 bits per heavy atom. The van der Waals surface area contributed by atoms with Gasteiger partial charge in [0.25, 0.3) is 0 Å². The topological polar surface area (TPSA) is 46.1 Å². The average Bonchev–Trinajstić information content (AvgIpc) is 2.63. The number of nitrogens with one attached hydrogen (secondary N) is 1. The van der Waals surface area contributed by atoms with Crippen molar-refractivity contribution in [1.29, 1.82) is 0 Å². The fourth-order valence-electron chi connectivity index (χ4n) is 2.52.